The van der Waals surface area contributed by atoms with Crippen LogP contribution in [0, 0.1) is 0 Å². The number of thioether (sulfide) groups is 1. The molecule has 1 aliphatic rings. The number of hydrogen-bond donors (Lipinski definition) is 1. The van der Waals surface area contributed by atoms with Gasteiger partial charge in [-0.2, -0.15) is 0 Å². The van der Waals surface area contributed by atoms with E-state index in [0.29, 0.717) is 5.02 Å². The maximum atomic E-state index is 11.5. The topological polar surface area (TPSA) is 46.5 Å². The molecule has 1 saturated heterocycles. The molecule has 0 amide bonds. The van der Waals surface area contributed by atoms with E-state index in [1.54, 1.807) is 24.8 Å². The van der Waals surface area contributed by atoms with Crippen LogP contribution in [-0.2, 0) is 9.53 Å². The first-order valence-corrected chi connectivity index (χ1v) is 7.79. The molecule has 0 bridgehead atoms. The first kappa shape index (κ1) is 15.4. The Morgan fingerprint density at radius 2 is 2.35 bits per heavy atom. The fraction of sp³-hybridized carbons (Fsp3) is 0.400. The number of carbonyl (C=O) groups excluding carboxylic acids is 1. The predicted molar refractivity (Wildman–Crippen MR) is 82.9 cm³/mol. The normalized spacial score (nSPS) is 22.0. The summed E-state index contributed by atoms with van der Waals surface area (Å²) in [6.45, 7) is 1.78. The highest BCUT2D eigenvalue weighted by Gasteiger charge is 2.20. The van der Waals surface area contributed by atoms with Crippen molar-refractivity contribution in [2.75, 3.05) is 12.9 Å². The number of esters is 1. The number of methoxy groups -OCH3 is 1. The van der Waals surface area contributed by atoms with E-state index in [0.717, 1.165) is 28.2 Å². The third-order valence-electron chi connectivity index (χ3n) is 3.37. The summed E-state index contributed by atoms with van der Waals surface area (Å²) in [6, 6.07) is 5.52. The second kappa shape index (κ2) is 6.66. The summed E-state index contributed by atoms with van der Waals surface area (Å²) in [7, 11) is 1.37. The molecule has 1 N–H and O–H groups in total. The van der Waals surface area contributed by atoms with Crippen LogP contribution in [0.15, 0.2) is 23.1 Å². The SMILES string of the molecule is COC(=O)C(C)c1ccc(C=C2SCCC2O)c(Cl)c1. The lowest BCUT2D eigenvalue weighted by Gasteiger charge is -2.11. The molecule has 2 atom stereocenters. The average Bonchev–Trinajstić information content (AvgIpc) is 2.84. The van der Waals surface area contributed by atoms with Crippen molar-refractivity contribution in [3.05, 3.63) is 39.3 Å². The molecule has 0 saturated carbocycles. The average molecular weight is 313 g/mol. The second-order valence-corrected chi connectivity index (χ2v) is 6.30. The van der Waals surface area contributed by atoms with Crippen LogP contribution in [0.1, 0.15) is 30.4 Å². The van der Waals surface area contributed by atoms with Crippen molar-refractivity contribution in [1.29, 1.82) is 0 Å². The van der Waals surface area contributed by atoms with E-state index in [2.05, 4.69) is 0 Å². The Morgan fingerprint density at radius 3 is 2.90 bits per heavy atom. The molecule has 0 aromatic heterocycles. The zero-order valence-corrected chi connectivity index (χ0v) is 13.0. The number of carbonyl (C=O) groups is 1. The fourth-order valence-corrected chi connectivity index (χ4v) is 3.40. The van der Waals surface area contributed by atoms with E-state index in [-0.39, 0.29) is 18.0 Å². The van der Waals surface area contributed by atoms with E-state index < -0.39 is 0 Å². The van der Waals surface area contributed by atoms with Crippen molar-refractivity contribution >= 4 is 35.4 Å². The van der Waals surface area contributed by atoms with E-state index in [4.69, 9.17) is 16.3 Å². The minimum atomic E-state index is -0.385. The molecule has 0 spiro atoms. The molecule has 3 nitrogen and oxygen atoms in total. The van der Waals surface area contributed by atoms with Crippen molar-refractivity contribution < 1.29 is 14.6 Å². The highest BCUT2D eigenvalue weighted by molar-refractivity contribution is 8.03. The van der Waals surface area contributed by atoms with Gasteiger partial charge in [0.2, 0.25) is 0 Å². The minimum absolute atomic E-state index is 0.283. The first-order chi connectivity index (χ1) is 9.52. The molecule has 2 rings (SSSR count). The summed E-state index contributed by atoms with van der Waals surface area (Å²) in [5, 5.41) is 10.4. The Labute approximate surface area is 128 Å². The zero-order chi connectivity index (χ0) is 14.7. The van der Waals surface area contributed by atoms with Crippen molar-refractivity contribution in [1.82, 2.24) is 0 Å². The van der Waals surface area contributed by atoms with Gasteiger partial charge in [0.25, 0.3) is 0 Å². The van der Waals surface area contributed by atoms with Gasteiger partial charge in [-0.25, -0.2) is 0 Å². The van der Waals surface area contributed by atoms with Gasteiger partial charge in [0.1, 0.15) is 0 Å². The Balaban J connectivity index is 2.24. The predicted octanol–water partition coefficient (Wildman–Crippen LogP) is 3.46. The van der Waals surface area contributed by atoms with Gasteiger partial charge < -0.3 is 9.84 Å². The van der Waals surface area contributed by atoms with Gasteiger partial charge in [-0.3, -0.25) is 4.79 Å². The van der Waals surface area contributed by atoms with Crippen molar-refractivity contribution in [2.24, 2.45) is 0 Å². The van der Waals surface area contributed by atoms with E-state index in [9.17, 15) is 9.90 Å². The van der Waals surface area contributed by atoms with E-state index >= 15 is 0 Å². The molecule has 0 radical (unpaired) electrons. The standard InChI is InChI=1S/C15H17ClO3S/c1-9(15(18)19-2)10-3-4-11(12(16)7-10)8-14-13(17)5-6-20-14/h3-4,7-9,13,17H,5-6H2,1-2H3. The molecule has 108 valence electrons. The number of hydrogen-bond acceptors (Lipinski definition) is 4. The number of halogens is 1. The summed E-state index contributed by atoms with van der Waals surface area (Å²) in [5.74, 6) is 0.307. The van der Waals surface area contributed by atoms with Crippen LogP contribution in [0.3, 0.4) is 0 Å². The highest BCUT2D eigenvalue weighted by atomic mass is 35.5. The summed E-state index contributed by atoms with van der Waals surface area (Å²) in [6.07, 6.45) is 2.31. The number of benzene rings is 1. The third kappa shape index (κ3) is 3.37. The highest BCUT2D eigenvalue weighted by Crippen LogP contribution is 2.34. The molecular weight excluding hydrogens is 296 g/mol. The summed E-state index contributed by atoms with van der Waals surface area (Å²) in [5.41, 5.74) is 1.68. The largest absolute Gasteiger partial charge is 0.469 e. The smallest absolute Gasteiger partial charge is 0.312 e. The Kier molecular flexibility index (Phi) is 5.13. The molecule has 1 aromatic rings. The van der Waals surface area contributed by atoms with Crippen LogP contribution in [0.25, 0.3) is 6.08 Å². The summed E-state index contributed by atoms with van der Waals surface area (Å²) >= 11 is 7.91. The lowest BCUT2D eigenvalue weighted by molar-refractivity contribution is -0.141. The summed E-state index contributed by atoms with van der Waals surface area (Å²) < 4.78 is 4.73. The lowest BCUT2D eigenvalue weighted by Crippen LogP contribution is -2.10. The van der Waals surface area contributed by atoms with Crippen molar-refractivity contribution in [2.45, 2.75) is 25.4 Å². The monoisotopic (exact) mass is 312 g/mol. The maximum absolute atomic E-state index is 11.5. The van der Waals surface area contributed by atoms with Crippen LogP contribution in [0.4, 0.5) is 0 Å². The molecule has 0 aliphatic carbocycles. The van der Waals surface area contributed by atoms with Gasteiger partial charge in [-0.05, 0) is 36.6 Å². The molecule has 1 heterocycles. The van der Waals surface area contributed by atoms with Gasteiger partial charge in [-0.1, -0.05) is 23.7 Å². The van der Waals surface area contributed by atoms with Crippen molar-refractivity contribution in [3.63, 3.8) is 0 Å². The molecule has 1 aromatic carbocycles. The summed E-state index contributed by atoms with van der Waals surface area (Å²) in [4.78, 5) is 12.5. The Bertz CT molecular complexity index is 542. The molecular formula is C15H17ClO3S. The van der Waals surface area contributed by atoms with Crippen LogP contribution in [-0.4, -0.2) is 30.0 Å². The molecule has 5 heteroatoms. The number of aliphatic hydroxyl groups is 1. The van der Waals surface area contributed by atoms with Gasteiger partial charge in [0.15, 0.2) is 0 Å². The Morgan fingerprint density at radius 1 is 1.60 bits per heavy atom. The molecule has 2 unspecified atom stereocenters. The van der Waals surface area contributed by atoms with Crippen LogP contribution >= 0.6 is 23.4 Å². The quantitative estimate of drug-likeness (QED) is 0.868. The minimum Gasteiger partial charge on any atom is -0.469 e. The first-order valence-electron chi connectivity index (χ1n) is 6.42. The van der Waals surface area contributed by atoms with Gasteiger partial charge in [0, 0.05) is 15.7 Å². The van der Waals surface area contributed by atoms with Crippen molar-refractivity contribution in [3.8, 4) is 0 Å². The number of aliphatic hydroxyl groups excluding tert-OH is 1. The van der Waals surface area contributed by atoms with Crippen LogP contribution in [0.2, 0.25) is 5.02 Å². The van der Waals surface area contributed by atoms with Gasteiger partial charge in [0.05, 0.1) is 19.1 Å². The van der Waals surface area contributed by atoms with E-state index in [1.165, 1.54) is 7.11 Å². The van der Waals surface area contributed by atoms with Gasteiger partial charge in [-0.15, -0.1) is 11.8 Å². The second-order valence-electron chi connectivity index (χ2n) is 4.73. The van der Waals surface area contributed by atoms with E-state index in [1.807, 2.05) is 18.2 Å². The fourth-order valence-electron chi connectivity index (χ4n) is 2.06. The maximum Gasteiger partial charge on any atom is 0.312 e. The number of ether oxygens (including phenoxy) is 1. The lowest BCUT2D eigenvalue weighted by atomic mass is 9.99. The molecule has 1 fully saturated rings. The zero-order valence-electron chi connectivity index (χ0n) is 11.4. The molecule has 20 heavy (non-hydrogen) atoms. The molecule has 1 aliphatic heterocycles. The van der Waals surface area contributed by atoms with Crippen LogP contribution < -0.4 is 0 Å². The Hall–Kier alpha value is -0.970. The van der Waals surface area contributed by atoms with Crippen LogP contribution in [0.5, 0.6) is 0 Å². The number of rotatable bonds is 3. The third-order valence-corrected chi connectivity index (χ3v) is 4.86. The van der Waals surface area contributed by atoms with Gasteiger partial charge >= 0.3 is 5.97 Å².